The summed E-state index contributed by atoms with van der Waals surface area (Å²) in [6.07, 6.45) is 3.09. The van der Waals surface area contributed by atoms with Gasteiger partial charge in [0.05, 0.1) is 18.4 Å². The second-order valence-electron chi connectivity index (χ2n) is 8.27. The zero-order valence-corrected chi connectivity index (χ0v) is 19.9. The number of carbonyl (C=O) groups excluding carboxylic acids is 1. The van der Waals surface area contributed by atoms with Crippen molar-refractivity contribution in [2.24, 2.45) is 0 Å². The molecule has 0 aliphatic carbocycles. The fourth-order valence-corrected chi connectivity index (χ4v) is 4.73. The Hall–Kier alpha value is -2.71. The van der Waals surface area contributed by atoms with E-state index in [-0.39, 0.29) is 23.6 Å². The van der Waals surface area contributed by atoms with E-state index in [1.807, 2.05) is 11.6 Å². The van der Waals surface area contributed by atoms with Gasteiger partial charge in [0.1, 0.15) is 5.82 Å². The van der Waals surface area contributed by atoms with Crippen LogP contribution in [0.4, 0.5) is 4.39 Å². The first-order chi connectivity index (χ1) is 16.0. The summed E-state index contributed by atoms with van der Waals surface area (Å²) in [6, 6.07) is 14.6. The highest BCUT2D eigenvalue weighted by Crippen LogP contribution is 2.27. The normalized spacial score (nSPS) is 15.7. The lowest BCUT2D eigenvalue weighted by atomic mass is 10.1. The predicted octanol–water partition coefficient (Wildman–Crippen LogP) is 4.58. The molecule has 6 nitrogen and oxygen atoms in total. The van der Waals surface area contributed by atoms with Crippen molar-refractivity contribution in [2.75, 3.05) is 19.4 Å². The van der Waals surface area contributed by atoms with Gasteiger partial charge in [-0.3, -0.25) is 9.36 Å². The molecule has 1 unspecified atom stereocenters. The van der Waals surface area contributed by atoms with Crippen molar-refractivity contribution in [2.45, 2.75) is 50.5 Å². The average Bonchev–Trinajstić information content (AvgIpc) is 3.49. The predicted molar refractivity (Wildman–Crippen MR) is 127 cm³/mol. The van der Waals surface area contributed by atoms with Gasteiger partial charge in [-0.1, -0.05) is 43.0 Å². The van der Waals surface area contributed by atoms with Crippen molar-refractivity contribution in [1.82, 2.24) is 19.7 Å². The van der Waals surface area contributed by atoms with Crippen LogP contribution in [0, 0.1) is 5.82 Å². The molecule has 4 rings (SSSR count). The van der Waals surface area contributed by atoms with Crippen LogP contribution >= 0.6 is 11.8 Å². The molecule has 174 valence electrons. The van der Waals surface area contributed by atoms with E-state index in [0.29, 0.717) is 24.1 Å². The highest BCUT2D eigenvalue weighted by atomic mass is 32.2. The number of nitrogens with zero attached hydrogens (tertiary/aromatic N) is 4. The van der Waals surface area contributed by atoms with E-state index < -0.39 is 0 Å². The number of amides is 1. The lowest BCUT2D eigenvalue weighted by molar-refractivity contribution is -0.127. The number of rotatable bonds is 9. The molecule has 1 amide bonds. The topological polar surface area (TPSA) is 60.2 Å². The number of thioether (sulfide) groups is 1. The second kappa shape index (κ2) is 10.9. The van der Waals surface area contributed by atoms with E-state index in [0.717, 1.165) is 37.0 Å². The van der Waals surface area contributed by atoms with Crippen LogP contribution in [0.2, 0.25) is 0 Å². The largest absolute Gasteiger partial charge is 0.376 e. The van der Waals surface area contributed by atoms with E-state index in [1.54, 1.807) is 17.0 Å². The summed E-state index contributed by atoms with van der Waals surface area (Å²) in [7, 11) is 1.82. The highest BCUT2D eigenvalue weighted by molar-refractivity contribution is 7.99. The molecular formula is C25H29FN4O2S. The van der Waals surface area contributed by atoms with Gasteiger partial charge in [0, 0.05) is 25.8 Å². The minimum atomic E-state index is -0.295. The monoisotopic (exact) mass is 468 g/mol. The fourth-order valence-electron chi connectivity index (χ4n) is 3.84. The summed E-state index contributed by atoms with van der Waals surface area (Å²) in [4.78, 5) is 14.5. The first-order valence-electron chi connectivity index (χ1n) is 11.3. The van der Waals surface area contributed by atoms with Crippen LogP contribution in [0.5, 0.6) is 0 Å². The molecule has 1 atom stereocenters. The third-order valence-electron chi connectivity index (χ3n) is 5.83. The van der Waals surface area contributed by atoms with Gasteiger partial charge in [-0.05, 0) is 54.7 Å². The van der Waals surface area contributed by atoms with E-state index in [9.17, 15) is 9.18 Å². The zero-order chi connectivity index (χ0) is 23.2. The summed E-state index contributed by atoms with van der Waals surface area (Å²) in [5.41, 5.74) is 3.17. The fraction of sp³-hybridized carbons (Fsp3) is 0.400. The maximum absolute atomic E-state index is 13.4. The standard InChI is InChI=1S/C25H29FN4O2S/c1-3-18-6-8-19(9-7-18)15-29(2)23(31)17-33-25-28-27-24(20-10-12-21(26)13-11-20)30(25)16-22-5-4-14-32-22/h6-13,22H,3-5,14-17H2,1-2H3. The van der Waals surface area contributed by atoms with Gasteiger partial charge in [0.2, 0.25) is 5.91 Å². The molecule has 1 aliphatic heterocycles. The lowest BCUT2D eigenvalue weighted by Crippen LogP contribution is -2.28. The third-order valence-corrected chi connectivity index (χ3v) is 6.78. The van der Waals surface area contributed by atoms with Crippen molar-refractivity contribution in [1.29, 1.82) is 0 Å². The lowest BCUT2D eigenvalue weighted by Gasteiger charge is -2.18. The van der Waals surface area contributed by atoms with Gasteiger partial charge < -0.3 is 9.64 Å². The average molecular weight is 469 g/mol. The van der Waals surface area contributed by atoms with Crippen molar-refractivity contribution < 1.29 is 13.9 Å². The molecule has 1 fully saturated rings. The molecule has 1 saturated heterocycles. The Balaban J connectivity index is 1.44. The van der Waals surface area contributed by atoms with Crippen LogP contribution < -0.4 is 0 Å². The number of carbonyl (C=O) groups is 1. The summed E-state index contributed by atoms with van der Waals surface area (Å²) in [6.45, 7) is 4.05. The minimum absolute atomic E-state index is 0.0227. The molecule has 0 bridgehead atoms. The SMILES string of the molecule is CCc1ccc(CN(C)C(=O)CSc2nnc(-c3ccc(F)cc3)n2CC2CCCO2)cc1. The van der Waals surface area contributed by atoms with E-state index >= 15 is 0 Å². The van der Waals surface area contributed by atoms with Crippen LogP contribution in [-0.4, -0.2) is 51.1 Å². The molecule has 3 aromatic rings. The second-order valence-corrected chi connectivity index (χ2v) is 9.21. The summed E-state index contributed by atoms with van der Waals surface area (Å²) in [5.74, 6) is 0.646. The van der Waals surface area contributed by atoms with E-state index in [1.165, 1.54) is 29.5 Å². The minimum Gasteiger partial charge on any atom is -0.376 e. The van der Waals surface area contributed by atoms with Crippen LogP contribution in [-0.2, 0) is 29.0 Å². The van der Waals surface area contributed by atoms with Crippen LogP contribution in [0.3, 0.4) is 0 Å². The Kier molecular flexibility index (Phi) is 7.77. The molecule has 33 heavy (non-hydrogen) atoms. The number of halogens is 1. The number of hydrogen-bond donors (Lipinski definition) is 0. The number of aryl methyl sites for hydroxylation is 1. The van der Waals surface area contributed by atoms with Gasteiger partial charge in [-0.25, -0.2) is 4.39 Å². The maximum atomic E-state index is 13.4. The molecule has 1 aromatic heterocycles. The van der Waals surface area contributed by atoms with Gasteiger partial charge >= 0.3 is 0 Å². The zero-order valence-electron chi connectivity index (χ0n) is 19.0. The van der Waals surface area contributed by atoms with Crippen molar-refractivity contribution in [3.63, 3.8) is 0 Å². The van der Waals surface area contributed by atoms with E-state index in [4.69, 9.17) is 4.74 Å². The van der Waals surface area contributed by atoms with Gasteiger partial charge in [-0.2, -0.15) is 0 Å². The Morgan fingerprint density at radius 2 is 1.88 bits per heavy atom. The Morgan fingerprint density at radius 3 is 2.55 bits per heavy atom. The molecular weight excluding hydrogens is 439 g/mol. The quantitative estimate of drug-likeness (QED) is 0.431. The number of ether oxygens (including phenoxy) is 1. The summed E-state index contributed by atoms with van der Waals surface area (Å²) < 4.78 is 21.2. The number of benzene rings is 2. The van der Waals surface area contributed by atoms with Crippen LogP contribution in [0.25, 0.3) is 11.4 Å². The molecule has 8 heteroatoms. The maximum Gasteiger partial charge on any atom is 0.233 e. The Bertz CT molecular complexity index is 1060. The first-order valence-corrected chi connectivity index (χ1v) is 12.3. The molecule has 0 N–H and O–H groups in total. The molecule has 2 aromatic carbocycles. The van der Waals surface area contributed by atoms with Gasteiger partial charge in [0.15, 0.2) is 11.0 Å². The third kappa shape index (κ3) is 6.00. The van der Waals surface area contributed by atoms with Gasteiger partial charge in [-0.15, -0.1) is 10.2 Å². The highest BCUT2D eigenvalue weighted by Gasteiger charge is 2.22. The number of aromatic nitrogens is 3. The summed E-state index contributed by atoms with van der Waals surface area (Å²) >= 11 is 1.37. The molecule has 0 radical (unpaired) electrons. The molecule has 2 heterocycles. The summed E-state index contributed by atoms with van der Waals surface area (Å²) in [5, 5.41) is 9.37. The van der Waals surface area contributed by atoms with Gasteiger partial charge in [0.25, 0.3) is 0 Å². The molecule has 1 aliphatic rings. The Labute approximate surface area is 198 Å². The van der Waals surface area contributed by atoms with Crippen LogP contribution in [0.1, 0.15) is 30.9 Å². The van der Waals surface area contributed by atoms with Crippen molar-refractivity contribution in [3.05, 3.63) is 65.5 Å². The Morgan fingerprint density at radius 1 is 1.15 bits per heavy atom. The molecule has 0 saturated carbocycles. The van der Waals surface area contributed by atoms with Crippen molar-refractivity contribution in [3.8, 4) is 11.4 Å². The smallest absolute Gasteiger partial charge is 0.233 e. The van der Waals surface area contributed by atoms with Crippen molar-refractivity contribution >= 4 is 17.7 Å². The molecule has 0 spiro atoms. The number of hydrogen-bond acceptors (Lipinski definition) is 5. The first kappa shape index (κ1) is 23.4. The van der Waals surface area contributed by atoms with E-state index in [2.05, 4.69) is 41.4 Å². The van der Waals surface area contributed by atoms with Crippen LogP contribution in [0.15, 0.2) is 53.7 Å².